The molecule has 4 nitrogen and oxygen atoms in total. The average Bonchev–Trinajstić information content (AvgIpc) is 1.96. The highest BCUT2D eigenvalue weighted by atomic mass is 16.5. The molecular formula is C9H14O4. The molecule has 0 aromatic carbocycles. The van der Waals surface area contributed by atoms with Crippen LogP contribution in [0.5, 0.6) is 0 Å². The Morgan fingerprint density at radius 1 is 1.38 bits per heavy atom. The van der Waals surface area contributed by atoms with Gasteiger partial charge in [0, 0.05) is 5.57 Å². The largest absolute Gasteiger partial charge is 0.479 e. The molecule has 74 valence electrons. The van der Waals surface area contributed by atoms with Crippen LogP contribution in [0.15, 0.2) is 12.2 Å². The predicted octanol–water partition coefficient (Wildman–Crippen LogP) is 1.22. The van der Waals surface area contributed by atoms with Crippen molar-refractivity contribution in [1.29, 1.82) is 0 Å². The second-order valence-electron chi connectivity index (χ2n) is 3.70. The minimum absolute atomic E-state index is 0.272. The minimum atomic E-state index is -1.17. The quantitative estimate of drug-likeness (QED) is 0.531. The van der Waals surface area contributed by atoms with Gasteiger partial charge in [0.15, 0.2) is 6.61 Å². The lowest BCUT2D eigenvalue weighted by atomic mass is 9.88. The number of esters is 1. The van der Waals surface area contributed by atoms with E-state index in [-0.39, 0.29) is 5.57 Å². The van der Waals surface area contributed by atoms with Gasteiger partial charge in [-0.1, -0.05) is 27.4 Å². The molecule has 0 aliphatic heterocycles. The van der Waals surface area contributed by atoms with E-state index in [9.17, 15) is 9.59 Å². The molecule has 0 aromatic heterocycles. The molecule has 0 fully saturated rings. The summed E-state index contributed by atoms with van der Waals surface area (Å²) in [6.45, 7) is 8.33. The number of carboxylic acid groups (broad SMARTS) is 1. The third kappa shape index (κ3) is 4.30. The molecule has 0 amide bonds. The SMILES string of the molecule is C=C(C(=O)OCC(=O)O)C(C)(C)C. The van der Waals surface area contributed by atoms with Crippen molar-refractivity contribution in [3.63, 3.8) is 0 Å². The van der Waals surface area contributed by atoms with Crippen LogP contribution >= 0.6 is 0 Å². The third-order valence-electron chi connectivity index (χ3n) is 1.48. The first-order valence-corrected chi connectivity index (χ1v) is 3.83. The van der Waals surface area contributed by atoms with Gasteiger partial charge >= 0.3 is 11.9 Å². The van der Waals surface area contributed by atoms with E-state index in [2.05, 4.69) is 11.3 Å². The molecule has 0 spiro atoms. The fraction of sp³-hybridized carbons (Fsp3) is 0.556. The second-order valence-corrected chi connectivity index (χ2v) is 3.70. The number of carbonyl (C=O) groups is 2. The molecule has 0 heterocycles. The molecule has 0 saturated carbocycles. The van der Waals surface area contributed by atoms with Crippen molar-refractivity contribution >= 4 is 11.9 Å². The Hall–Kier alpha value is -1.32. The first-order valence-electron chi connectivity index (χ1n) is 3.83. The van der Waals surface area contributed by atoms with E-state index in [0.717, 1.165) is 0 Å². The van der Waals surface area contributed by atoms with E-state index >= 15 is 0 Å². The van der Waals surface area contributed by atoms with Crippen LogP contribution in [0.3, 0.4) is 0 Å². The van der Waals surface area contributed by atoms with E-state index < -0.39 is 24.0 Å². The zero-order chi connectivity index (χ0) is 10.6. The number of hydrogen-bond acceptors (Lipinski definition) is 3. The maximum Gasteiger partial charge on any atom is 0.341 e. The van der Waals surface area contributed by atoms with Crippen molar-refractivity contribution in [2.45, 2.75) is 20.8 Å². The predicted molar refractivity (Wildman–Crippen MR) is 47.2 cm³/mol. The highest BCUT2D eigenvalue weighted by Crippen LogP contribution is 2.24. The Kier molecular flexibility index (Phi) is 3.66. The van der Waals surface area contributed by atoms with Gasteiger partial charge in [-0.15, -0.1) is 0 Å². The van der Waals surface area contributed by atoms with Crippen LogP contribution in [-0.2, 0) is 14.3 Å². The summed E-state index contributed by atoms with van der Waals surface area (Å²) in [7, 11) is 0. The molecule has 0 bridgehead atoms. The molecule has 0 radical (unpaired) electrons. The maximum absolute atomic E-state index is 11.1. The van der Waals surface area contributed by atoms with Crippen LogP contribution in [-0.4, -0.2) is 23.7 Å². The van der Waals surface area contributed by atoms with Gasteiger partial charge in [0.1, 0.15) is 0 Å². The fourth-order valence-electron chi connectivity index (χ4n) is 0.521. The molecule has 0 aliphatic carbocycles. The van der Waals surface area contributed by atoms with Crippen LogP contribution in [0.2, 0.25) is 0 Å². The average molecular weight is 186 g/mol. The Labute approximate surface area is 77.2 Å². The standard InChI is InChI=1S/C9H14O4/c1-6(9(2,3)4)8(12)13-5-7(10)11/h1,5H2,2-4H3,(H,10,11). The first-order chi connectivity index (χ1) is 5.75. The van der Waals surface area contributed by atoms with Crippen LogP contribution in [0.1, 0.15) is 20.8 Å². The highest BCUT2D eigenvalue weighted by Gasteiger charge is 2.23. The topological polar surface area (TPSA) is 63.6 Å². The van der Waals surface area contributed by atoms with Crippen LogP contribution in [0.4, 0.5) is 0 Å². The molecule has 4 heteroatoms. The monoisotopic (exact) mass is 186 g/mol. The van der Waals surface area contributed by atoms with Gasteiger partial charge in [-0.25, -0.2) is 9.59 Å². The van der Waals surface area contributed by atoms with E-state index in [4.69, 9.17) is 5.11 Å². The Morgan fingerprint density at radius 2 is 1.85 bits per heavy atom. The number of ether oxygens (including phenoxy) is 1. The van der Waals surface area contributed by atoms with E-state index in [0.29, 0.717) is 0 Å². The van der Waals surface area contributed by atoms with Crippen molar-refractivity contribution in [2.24, 2.45) is 5.41 Å². The number of hydrogen-bond donors (Lipinski definition) is 1. The summed E-state index contributed by atoms with van der Waals surface area (Å²) in [6.07, 6.45) is 0. The maximum atomic E-state index is 11.1. The number of rotatable bonds is 3. The lowest BCUT2D eigenvalue weighted by Gasteiger charge is -2.19. The Morgan fingerprint density at radius 3 is 2.15 bits per heavy atom. The van der Waals surface area contributed by atoms with Gasteiger partial charge in [-0.3, -0.25) is 0 Å². The molecule has 0 aliphatic rings. The van der Waals surface area contributed by atoms with Crippen LogP contribution < -0.4 is 0 Å². The van der Waals surface area contributed by atoms with Crippen LogP contribution in [0.25, 0.3) is 0 Å². The highest BCUT2D eigenvalue weighted by molar-refractivity contribution is 5.90. The summed E-state index contributed by atoms with van der Waals surface area (Å²) < 4.78 is 4.45. The molecule has 0 aromatic rings. The summed E-state index contributed by atoms with van der Waals surface area (Å²) in [5.41, 5.74) is -0.121. The van der Waals surface area contributed by atoms with Crippen molar-refractivity contribution < 1.29 is 19.4 Å². The molecule has 13 heavy (non-hydrogen) atoms. The van der Waals surface area contributed by atoms with Crippen LogP contribution in [0, 0.1) is 5.41 Å². The summed E-state index contributed by atoms with van der Waals surface area (Å²) in [5, 5.41) is 8.24. The van der Waals surface area contributed by atoms with Gasteiger partial charge < -0.3 is 9.84 Å². The normalized spacial score (nSPS) is 10.7. The third-order valence-corrected chi connectivity index (χ3v) is 1.48. The van der Waals surface area contributed by atoms with Crippen molar-refractivity contribution in [3.05, 3.63) is 12.2 Å². The Bertz CT molecular complexity index is 234. The molecule has 0 unspecified atom stereocenters. The van der Waals surface area contributed by atoms with Crippen molar-refractivity contribution in [1.82, 2.24) is 0 Å². The number of carbonyl (C=O) groups excluding carboxylic acids is 1. The van der Waals surface area contributed by atoms with Crippen molar-refractivity contribution in [3.8, 4) is 0 Å². The van der Waals surface area contributed by atoms with Gasteiger partial charge in [0.2, 0.25) is 0 Å². The zero-order valence-electron chi connectivity index (χ0n) is 8.09. The molecule has 0 atom stereocenters. The summed E-state index contributed by atoms with van der Waals surface area (Å²) in [6, 6.07) is 0. The number of carboxylic acids is 1. The minimum Gasteiger partial charge on any atom is -0.479 e. The molecule has 0 saturated heterocycles. The summed E-state index contributed by atoms with van der Waals surface area (Å²) in [5.74, 6) is -1.83. The Balaban J connectivity index is 4.14. The van der Waals surface area contributed by atoms with Crippen molar-refractivity contribution in [2.75, 3.05) is 6.61 Å². The van der Waals surface area contributed by atoms with Gasteiger partial charge in [0.05, 0.1) is 0 Å². The smallest absolute Gasteiger partial charge is 0.341 e. The van der Waals surface area contributed by atoms with E-state index in [1.807, 2.05) is 0 Å². The molecule has 0 rings (SSSR count). The molecular weight excluding hydrogens is 172 g/mol. The molecule has 1 N–H and O–H groups in total. The van der Waals surface area contributed by atoms with Gasteiger partial charge in [-0.2, -0.15) is 0 Å². The van der Waals surface area contributed by atoms with E-state index in [1.54, 1.807) is 20.8 Å². The van der Waals surface area contributed by atoms with E-state index in [1.165, 1.54) is 0 Å². The fourth-order valence-corrected chi connectivity index (χ4v) is 0.521. The van der Waals surface area contributed by atoms with Gasteiger partial charge in [0.25, 0.3) is 0 Å². The summed E-state index contributed by atoms with van der Waals surface area (Å²) in [4.78, 5) is 21.2. The lowest BCUT2D eigenvalue weighted by molar-refractivity contribution is -0.153. The lowest BCUT2D eigenvalue weighted by Crippen LogP contribution is -2.21. The summed E-state index contributed by atoms with van der Waals surface area (Å²) >= 11 is 0. The number of aliphatic carboxylic acids is 1. The zero-order valence-corrected chi connectivity index (χ0v) is 8.09. The second kappa shape index (κ2) is 4.07. The van der Waals surface area contributed by atoms with Gasteiger partial charge in [-0.05, 0) is 5.41 Å². The first kappa shape index (κ1) is 11.7.